The van der Waals surface area contributed by atoms with Crippen molar-refractivity contribution < 1.29 is 8.78 Å². The van der Waals surface area contributed by atoms with Crippen molar-refractivity contribution in [2.75, 3.05) is 13.6 Å². The molecule has 0 saturated carbocycles. The molecule has 0 saturated heterocycles. The first kappa shape index (κ1) is 9.69. The topological polar surface area (TPSA) is 12.0 Å². The van der Waals surface area contributed by atoms with E-state index in [1.165, 1.54) is 12.1 Å². The molecule has 0 aliphatic carbocycles. The minimum absolute atomic E-state index is 0.219. The van der Waals surface area contributed by atoms with Crippen molar-refractivity contribution in [3.8, 4) is 11.8 Å². The van der Waals surface area contributed by atoms with Crippen molar-refractivity contribution in [1.29, 1.82) is 0 Å². The monoisotopic (exact) mass is 181 g/mol. The van der Waals surface area contributed by atoms with Gasteiger partial charge in [-0.3, -0.25) is 0 Å². The highest BCUT2D eigenvalue weighted by molar-refractivity contribution is 5.35. The van der Waals surface area contributed by atoms with Gasteiger partial charge in [0, 0.05) is 6.07 Å². The molecular weight excluding hydrogens is 172 g/mol. The maximum atomic E-state index is 12.9. The molecule has 0 aliphatic heterocycles. The Balaban J connectivity index is 2.85. The first-order valence-corrected chi connectivity index (χ1v) is 3.82. The fraction of sp³-hybridized carbons (Fsp3) is 0.200. The third kappa shape index (κ3) is 2.85. The van der Waals surface area contributed by atoms with Gasteiger partial charge < -0.3 is 5.32 Å². The molecule has 13 heavy (non-hydrogen) atoms. The molecular formula is C10H9F2N. The van der Waals surface area contributed by atoms with Gasteiger partial charge in [0.05, 0.1) is 12.1 Å². The highest BCUT2D eigenvalue weighted by atomic mass is 19.1. The molecule has 0 heterocycles. The predicted molar refractivity (Wildman–Crippen MR) is 47.2 cm³/mol. The standard InChI is InChI=1S/C10H9F2N/c1-13-6-2-3-8-4-5-9(11)7-10(8)12/h4-5,7,13H,6H2,1H3. The van der Waals surface area contributed by atoms with Crippen LogP contribution in [0.5, 0.6) is 0 Å². The van der Waals surface area contributed by atoms with E-state index in [2.05, 4.69) is 17.2 Å². The lowest BCUT2D eigenvalue weighted by atomic mass is 10.2. The highest BCUT2D eigenvalue weighted by Crippen LogP contribution is 2.07. The van der Waals surface area contributed by atoms with Gasteiger partial charge in [0.25, 0.3) is 0 Å². The summed E-state index contributed by atoms with van der Waals surface area (Å²) in [5, 5.41) is 2.80. The molecule has 0 fully saturated rings. The summed E-state index contributed by atoms with van der Waals surface area (Å²) in [6, 6.07) is 3.34. The normalized spacial score (nSPS) is 9.15. The first-order valence-electron chi connectivity index (χ1n) is 3.82. The van der Waals surface area contributed by atoms with Gasteiger partial charge in [-0.1, -0.05) is 11.8 Å². The Morgan fingerprint density at radius 1 is 1.38 bits per heavy atom. The van der Waals surface area contributed by atoms with E-state index in [4.69, 9.17) is 0 Å². The van der Waals surface area contributed by atoms with Crippen molar-refractivity contribution >= 4 is 0 Å². The zero-order valence-electron chi connectivity index (χ0n) is 7.20. The Labute approximate surface area is 75.8 Å². The number of nitrogens with one attached hydrogen (secondary N) is 1. The average molecular weight is 181 g/mol. The summed E-state index contributed by atoms with van der Waals surface area (Å²) in [5.41, 5.74) is 0.219. The maximum absolute atomic E-state index is 12.9. The first-order chi connectivity index (χ1) is 6.24. The summed E-state index contributed by atoms with van der Waals surface area (Å²) in [6.45, 7) is 0.483. The zero-order valence-corrected chi connectivity index (χ0v) is 7.20. The van der Waals surface area contributed by atoms with Crippen LogP contribution in [0, 0.1) is 23.5 Å². The van der Waals surface area contributed by atoms with Crippen molar-refractivity contribution in [2.24, 2.45) is 0 Å². The van der Waals surface area contributed by atoms with Crippen LogP contribution in [0.25, 0.3) is 0 Å². The van der Waals surface area contributed by atoms with Crippen molar-refractivity contribution in [1.82, 2.24) is 5.32 Å². The molecule has 68 valence electrons. The van der Waals surface area contributed by atoms with E-state index in [1.807, 2.05) is 0 Å². The smallest absolute Gasteiger partial charge is 0.141 e. The molecule has 0 unspecified atom stereocenters. The maximum Gasteiger partial charge on any atom is 0.141 e. The molecule has 0 aromatic heterocycles. The van der Waals surface area contributed by atoms with E-state index in [-0.39, 0.29) is 5.56 Å². The summed E-state index contributed by atoms with van der Waals surface area (Å²) in [4.78, 5) is 0. The number of rotatable bonds is 1. The van der Waals surface area contributed by atoms with E-state index in [0.29, 0.717) is 6.54 Å². The second kappa shape index (κ2) is 4.58. The van der Waals surface area contributed by atoms with Gasteiger partial charge in [-0.05, 0) is 19.2 Å². The third-order valence-corrected chi connectivity index (χ3v) is 1.42. The lowest BCUT2D eigenvalue weighted by Crippen LogP contribution is -2.04. The van der Waals surface area contributed by atoms with Gasteiger partial charge in [0.1, 0.15) is 11.6 Å². The molecule has 0 bridgehead atoms. The van der Waals surface area contributed by atoms with E-state index in [9.17, 15) is 8.78 Å². The Bertz CT molecular complexity index is 350. The lowest BCUT2D eigenvalue weighted by Gasteiger charge is -1.93. The molecule has 0 aliphatic rings. The average Bonchev–Trinajstić information content (AvgIpc) is 2.09. The van der Waals surface area contributed by atoms with E-state index in [1.54, 1.807) is 7.05 Å². The van der Waals surface area contributed by atoms with Gasteiger partial charge in [-0.25, -0.2) is 8.78 Å². The van der Waals surface area contributed by atoms with Crippen LogP contribution >= 0.6 is 0 Å². The fourth-order valence-corrected chi connectivity index (χ4v) is 0.819. The lowest BCUT2D eigenvalue weighted by molar-refractivity contribution is 0.581. The molecule has 1 aromatic rings. The van der Waals surface area contributed by atoms with Crippen LogP contribution in [0.1, 0.15) is 5.56 Å². The second-order valence-corrected chi connectivity index (χ2v) is 2.46. The van der Waals surface area contributed by atoms with Crippen molar-refractivity contribution in [3.63, 3.8) is 0 Å². The van der Waals surface area contributed by atoms with Gasteiger partial charge in [-0.15, -0.1) is 0 Å². The predicted octanol–water partition coefficient (Wildman–Crippen LogP) is 1.54. The number of hydrogen-bond donors (Lipinski definition) is 1. The molecule has 1 N–H and O–H groups in total. The van der Waals surface area contributed by atoms with E-state index in [0.717, 1.165) is 6.07 Å². The molecule has 0 atom stereocenters. The minimum atomic E-state index is -0.622. The van der Waals surface area contributed by atoms with Crippen LogP contribution in [0.15, 0.2) is 18.2 Å². The summed E-state index contributed by atoms with van der Waals surface area (Å²) >= 11 is 0. The molecule has 1 rings (SSSR count). The SMILES string of the molecule is CNCC#Cc1ccc(F)cc1F. The molecule has 0 amide bonds. The third-order valence-electron chi connectivity index (χ3n) is 1.42. The molecule has 0 spiro atoms. The number of benzene rings is 1. The molecule has 1 aromatic carbocycles. The molecule has 3 heteroatoms. The van der Waals surface area contributed by atoms with Crippen LogP contribution in [-0.2, 0) is 0 Å². The van der Waals surface area contributed by atoms with Crippen LogP contribution in [-0.4, -0.2) is 13.6 Å². The fourth-order valence-electron chi connectivity index (χ4n) is 0.819. The summed E-state index contributed by atoms with van der Waals surface area (Å²) in [6.07, 6.45) is 0. The highest BCUT2D eigenvalue weighted by Gasteiger charge is 1.99. The number of hydrogen-bond acceptors (Lipinski definition) is 1. The molecule has 0 radical (unpaired) electrons. The quantitative estimate of drug-likeness (QED) is 0.648. The van der Waals surface area contributed by atoms with Gasteiger partial charge in [0.15, 0.2) is 0 Å². The van der Waals surface area contributed by atoms with Crippen molar-refractivity contribution in [2.45, 2.75) is 0 Å². The van der Waals surface area contributed by atoms with Crippen LogP contribution in [0.3, 0.4) is 0 Å². The summed E-state index contributed by atoms with van der Waals surface area (Å²) in [7, 11) is 1.75. The largest absolute Gasteiger partial charge is 0.309 e. The van der Waals surface area contributed by atoms with Gasteiger partial charge in [-0.2, -0.15) is 0 Å². The molecule has 1 nitrogen and oxygen atoms in total. The van der Waals surface area contributed by atoms with Gasteiger partial charge >= 0.3 is 0 Å². The summed E-state index contributed by atoms with van der Waals surface area (Å²) < 4.78 is 25.4. The van der Waals surface area contributed by atoms with E-state index >= 15 is 0 Å². The van der Waals surface area contributed by atoms with Crippen LogP contribution < -0.4 is 5.32 Å². The van der Waals surface area contributed by atoms with E-state index < -0.39 is 11.6 Å². The minimum Gasteiger partial charge on any atom is -0.309 e. The van der Waals surface area contributed by atoms with Gasteiger partial charge in [0.2, 0.25) is 0 Å². The van der Waals surface area contributed by atoms with Crippen LogP contribution in [0.4, 0.5) is 8.78 Å². The summed E-state index contributed by atoms with van der Waals surface area (Å²) in [5.74, 6) is 4.07. The van der Waals surface area contributed by atoms with Crippen LogP contribution in [0.2, 0.25) is 0 Å². The Hall–Kier alpha value is -1.40. The Kier molecular flexibility index (Phi) is 3.41. The zero-order chi connectivity index (χ0) is 9.68. The number of halogens is 2. The van der Waals surface area contributed by atoms with Crippen molar-refractivity contribution in [3.05, 3.63) is 35.4 Å². The Morgan fingerprint density at radius 3 is 2.77 bits per heavy atom. The second-order valence-electron chi connectivity index (χ2n) is 2.46. The Morgan fingerprint density at radius 2 is 2.15 bits per heavy atom.